The lowest BCUT2D eigenvalue weighted by atomic mass is 9.97. The third-order valence-corrected chi connectivity index (χ3v) is 2.99. The molecule has 0 amide bonds. The topological polar surface area (TPSA) is 12.9 Å². The van der Waals surface area contributed by atoms with E-state index in [1.54, 1.807) is 0 Å². The van der Waals surface area contributed by atoms with Crippen LogP contribution in [0.1, 0.15) is 11.3 Å². The van der Waals surface area contributed by atoms with Gasteiger partial charge in [-0.1, -0.05) is 29.8 Å². The molecule has 0 spiro atoms. The van der Waals surface area contributed by atoms with Gasteiger partial charge in [-0.25, -0.2) is 0 Å². The van der Waals surface area contributed by atoms with Crippen LogP contribution in [0.15, 0.2) is 36.5 Å². The summed E-state index contributed by atoms with van der Waals surface area (Å²) < 4.78 is 77.7. The Kier molecular flexibility index (Phi) is 3.88. The zero-order valence-corrected chi connectivity index (χ0v) is 10.8. The highest BCUT2D eigenvalue weighted by Gasteiger charge is 2.40. The van der Waals surface area contributed by atoms with Crippen LogP contribution in [0.25, 0.3) is 11.1 Å². The summed E-state index contributed by atoms with van der Waals surface area (Å²) in [5.74, 6) is 0. The lowest BCUT2D eigenvalue weighted by molar-refractivity contribution is -0.141. The molecule has 0 bridgehead atoms. The standard InChI is InChI=1S/C13H6ClF6N/c14-9-5-6-21-11(13(18,19)20)10(9)7-3-1-2-4-8(7)12(15,16)17/h1-6H. The van der Waals surface area contributed by atoms with Crippen molar-refractivity contribution in [3.05, 3.63) is 52.8 Å². The molecule has 2 aromatic rings. The van der Waals surface area contributed by atoms with Crippen molar-refractivity contribution in [2.45, 2.75) is 12.4 Å². The van der Waals surface area contributed by atoms with E-state index in [1.165, 1.54) is 6.07 Å². The summed E-state index contributed by atoms with van der Waals surface area (Å²) in [6, 6.07) is 4.93. The Bertz CT molecular complexity index is 662. The maximum Gasteiger partial charge on any atom is 0.434 e. The number of halogens is 7. The molecule has 2 rings (SSSR count). The summed E-state index contributed by atoms with van der Waals surface area (Å²) in [5, 5.41) is -0.450. The average Bonchev–Trinajstić information content (AvgIpc) is 2.36. The average molecular weight is 326 g/mol. The number of aromatic nitrogens is 1. The van der Waals surface area contributed by atoms with Crippen molar-refractivity contribution in [3.63, 3.8) is 0 Å². The molecule has 1 nitrogen and oxygen atoms in total. The molecule has 21 heavy (non-hydrogen) atoms. The molecule has 0 N–H and O–H groups in total. The third-order valence-electron chi connectivity index (χ3n) is 2.67. The number of pyridine rings is 1. The first-order valence-corrected chi connectivity index (χ1v) is 5.88. The molecule has 1 aromatic carbocycles. The van der Waals surface area contributed by atoms with E-state index in [0.717, 1.165) is 24.4 Å². The minimum atomic E-state index is -4.92. The molecule has 1 aromatic heterocycles. The first kappa shape index (κ1) is 15.6. The highest BCUT2D eigenvalue weighted by molar-refractivity contribution is 6.33. The summed E-state index contributed by atoms with van der Waals surface area (Å²) in [4.78, 5) is 3.13. The molecular formula is C13H6ClF6N. The smallest absolute Gasteiger partial charge is 0.251 e. The van der Waals surface area contributed by atoms with Gasteiger partial charge in [-0.05, 0) is 17.7 Å². The molecule has 0 saturated heterocycles. The number of benzene rings is 1. The van der Waals surface area contributed by atoms with Crippen molar-refractivity contribution in [1.82, 2.24) is 4.98 Å². The molecule has 0 atom stereocenters. The van der Waals surface area contributed by atoms with E-state index >= 15 is 0 Å². The van der Waals surface area contributed by atoms with Gasteiger partial charge in [0.25, 0.3) is 0 Å². The number of alkyl halides is 6. The van der Waals surface area contributed by atoms with Gasteiger partial charge in [0, 0.05) is 11.8 Å². The van der Waals surface area contributed by atoms with Crippen LogP contribution in [0.4, 0.5) is 26.3 Å². The van der Waals surface area contributed by atoms with Crippen molar-refractivity contribution in [2.24, 2.45) is 0 Å². The second-order valence-electron chi connectivity index (χ2n) is 4.06. The van der Waals surface area contributed by atoms with Gasteiger partial charge in [0.2, 0.25) is 0 Å². The summed E-state index contributed by atoms with van der Waals surface area (Å²) in [6.45, 7) is 0. The van der Waals surface area contributed by atoms with Gasteiger partial charge in [-0.15, -0.1) is 0 Å². The van der Waals surface area contributed by atoms with Gasteiger partial charge in [0.15, 0.2) is 5.69 Å². The Balaban J connectivity index is 2.81. The first-order chi connectivity index (χ1) is 9.62. The molecule has 112 valence electrons. The second kappa shape index (κ2) is 5.22. The molecule has 0 aliphatic carbocycles. The van der Waals surface area contributed by atoms with E-state index < -0.39 is 39.8 Å². The van der Waals surface area contributed by atoms with Crippen molar-refractivity contribution in [3.8, 4) is 11.1 Å². The van der Waals surface area contributed by atoms with Crippen LogP contribution in [-0.4, -0.2) is 4.98 Å². The van der Waals surface area contributed by atoms with E-state index in [1.807, 2.05) is 0 Å². The predicted octanol–water partition coefficient (Wildman–Crippen LogP) is 5.44. The van der Waals surface area contributed by atoms with Crippen LogP contribution in [0.3, 0.4) is 0 Å². The maximum absolute atomic E-state index is 12.9. The SMILES string of the molecule is FC(F)(F)c1ccccc1-c1c(Cl)ccnc1C(F)(F)F. The molecule has 0 radical (unpaired) electrons. The van der Waals surface area contributed by atoms with E-state index in [9.17, 15) is 26.3 Å². The molecule has 0 aliphatic heterocycles. The van der Waals surface area contributed by atoms with Crippen LogP contribution >= 0.6 is 11.6 Å². The highest BCUT2D eigenvalue weighted by atomic mass is 35.5. The van der Waals surface area contributed by atoms with Gasteiger partial charge < -0.3 is 0 Å². The summed E-state index contributed by atoms with van der Waals surface area (Å²) >= 11 is 5.68. The van der Waals surface area contributed by atoms with Gasteiger partial charge in [0.05, 0.1) is 10.6 Å². The van der Waals surface area contributed by atoms with Gasteiger partial charge in [-0.2, -0.15) is 26.3 Å². The number of hydrogen-bond donors (Lipinski definition) is 0. The number of hydrogen-bond acceptors (Lipinski definition) is 1. The first-order valence-electron chi connectivity index (χ1n) is 5.50. The molecule has 0 aliphatic rings. The monoisotopic (exact) mass is 325 g/mol. The summed E-state index contributed by atoms with van der Waals surface area (Å²) in [7, 11) is 0. The molecule has 0 fully saturated rings. The van der Waals surface area contributed by atoms with Crippen molar-refractivity contribution < 1.29 is 26.3 Å². The third kappa shape index (κ3) is 3.12. The largest absolute Gasteiger partial charge is 0.434 e. The van der Waals surface area contributed by atoms with Gasteiger partial charge in [0.1, 0.15) is 0 Å². The van der Waals surface area contributed by atoms with Crippen LogP contribution in [0.5, 0.6) is 0 Å². The van der Waals surface area contributed by atoms with E-state index in [2.05, 4.69) is 4.98 Å². The van der Waals surface area contributed by atoms with Crippen molar-refractivity contribution in [1.29, 1.82) is 0 Å². The molecular weight excluding hydrogens is 320 g/mol. The Morgan fingerprint density at radius 2 is 1.48 bits per heavy atom. The second-order valence-corrected chi connectivity index (χ2v) is 4.46. The minimum Gasteiger partial charge on any atom is -0.251 e. The fourth-order valence-electron chi connectivity index (χ4n) is 1.86. The quantitative estimate of drug-likeness (QED) is 0.636. The number of nitrogens with zero attached hydrogens (tertiary/aromatic N) is 1. The fourth-order valence-corrected chi connectivity index (χ4v) is 2.11. The lowest BCUT2D eigenvalue weighted by Crippen LogP contribution is -2.13. The van der Waals surface area contributed by atoms with Crippen molar-refractivity contribution >= 4 is 11.6 Å². The van der Waals surface area contributed by atoms with Crippen LogP contribution in [0, 0.1) is 0 Å². The summed E-state index contributed by atoms with van der Waals surface area (Å²) in [5.41, 5.74) is -4.09. The van der Waals surface area contributed by atoms with Crippen LogP contribution < -0.4 is 0 Å². The fraction of sp³-hybridized carbons (Fsp3) is 0.154. The molecule has 8 heteroatoms. The maximum atomic E-state index is 12.9. The normalized spacial score (nSPS) is 12.5. The van der Waals surface area contributed by atoms with Gasteiger partial charge >= 0.3 is 12.4 Å². The Labute approximate surface area is 120 Å². The molecule has 1 heterocycles. The van der Waals surface area contributed by atoms with Crippen LogP contribution in [-0.2, 0) is 12.4 Å². The molecule has 0 unspecified atom stereocenters. The number of rotatable bonds is 1. The Morgan fingerprint density at radius 1 is 0.857 bits per heavy atom. The Morgan fingerprint density at radius 3 is 2.05 bits per heavy atom. The zero-order valence-electron chi connectivity index (χ0n) is 10.1. The minimum absolute atomic E-state index is 0.450. The lowest BCUT2D eigenvalue weighted by Gasteiger charge is -2.17. The molecule has 0 saturated carbocycles. The van der Waals surface area contributed by atoms with E-state index in [0.29, 0.717) is 6.07 Å². The highest BCUT2D eigenvalue weighted by Crippen LogP contribution is 2.44. The van der Waals surface area contributed by atoms with Crippen LogP contribution in [0.2, 0.25) is 5.02 Å². The van der Waals surface area contributed by atoms with Gasteiger partial charge in [-0.3, -0.25) is 4.98 Å². The zero-order chi connectivity index (χ0) is 15.8. The Hall–Kier alpha value is -1.76. The predicted molar refractivity (Wildman–Crippen MR) is 64.7 cm³/mol. The van der Waals surface area contributed by atoms with E-state index in [4.69, 9.17) is 11.6 Å². The van der Waals surface area contributed by atoms with Crippen molar-refractivity contribution in [2.75, 3.05) is 0 Å². The van der Waals surface area contributed by atoms with E-state index in [-0.39, 0.29) is 0 Å². The summed E-state index contributed by atoms with van der Waals surface area (Å²) in [6.07, 6.45) is -8.93.